The normalized spacial score (nSPS) is 32.0. The van der Waals surface area contributed by atoms with E-state index >= 15 is 0 Å². The van der Waals surface area contributed by atoms with Crippen molar-refractivity contribution in [3.8, 4) is 0 Å². The number of esters is 5. The number of hydrogen-bond donors (Lipinski definition) is 1. The zero-order valence-electron chi connectivity index (χ0n) is 25.1. The number of rotatable bonds is 12. The molecule has 1 amide bonds. The van der Waals surface area contributed by atoms with Crippen LogP contribution in [-0.4, -0.2) is 110 Å². The molecule has 0 aromatic carbocycles. The number of amides is 1. The number of hydrogen-bond acceptors (Lipinski definition) is 15. The van der Waals surface area contributed by atoms with E-state index in [1.165, 1.54) is 26.8 Å². The van der Waals surface area contributed by atoms with Crippen LogP contribution in [-0.2, 0) is 71.4 Å². The predicted molar refractivity (Wildman–Crippen MR) is 140 cm³/mol. The Kier molecular flexibility index (Phi) is 13.5. The van der Waals surface area contributed by atoms with Crippen LogP contribution in [0.15, 0.2) is 12.7 Å². The molecule has 242 valence electrons. The predicted octanol–water partition coefficient (Wildman–Crippen LogP) is -0.161. The molecule has 0 aliphatic carbocycles. The first-order valence-electron chi connectivity index (χ1n) is 13.4. The third-order valence-corrected chi connectivity index (χ3v) is 6.07. The van der Waals surface area contributed by atoms with Gasteiger partial charge < -0.3 is 47.9 Å². The minimum atomic E-state index is -1.55. The second-order valence-corrected chi connectivity index (χ2v) is 9.80. The fourth-order valence-electron chi connectivity index (χ4n) is 4.66. The molecule has 0 aromatic rings. The highest BCUT2D eigenvalue weighted by Crippen LogP contribution is 2.34. The van der Waals surface area contributed by atoms with E-state index in [1.807, 2.05) is 0 Å². The van der Waals surface area contributed by atoms with Crippen LogP contribution in [0.4, 0.5) is 0 Å². The lowest BCUT2D eigenvalue weighted by atomic mass is 9.94. The lowest BCUT2D eigenvalue weighted by molar-refractivity contribution is -0.342. The van der Waals surface area contributed by atoms with Crippen molar-refractivity contribution in [1.29, 1.82) is 0 Å². The van der Waals surface area contributed by atoms with Crippen LogP contribution in [0.5, 0.6) is 0 Å². The molecule has 0 radical (unpaired) electrons. The number of carbonyl (C=O) groups excluding carboxylic acids is 6. The summed E-state index contributed by atoms with van der Waals surface area (Å²) < 4.78 is 50.9. The lowest BCUT2D eigenvalue weighted by Gasteiger charge is -2.49. The Morgan fingerprint density at radius 1 is 0.698 bits per heavy atom. The van der Waals surface area contributed by atoms with Crippen LogP contribution < -0.4 is 5.32 Å². The number of nitrogens with one attached hydrogen (secondary N) is 1. The molecule has 2 heterocycles. The highest BCUT2D eigenvalue weighted by Gasteiger charge is 2.56. The van der Waals surface area contributed by atoms with E-state index in [0.717, 1.165) is 27.7 Å². The van der Waals surface area contributed by atoms with Crippen molar-refractivity contribution in [2.45, 2.75) is 110 Å². The van der Waals surface area contributed by atoms with Crippen molar-refractivity contribution in [3.05, 3.63) is 12.7 Å². The highest BCUT2D eigenvalue weighted by atomic mass is 16.8. The molecule has 16 heteroatoms. The molecule has 0 bridgehead atoms. The van der Waals surface area contributed by atoms with Gasteiger partial charge in [0, 0.05) is 41.5 Å². The van der Waals surface area contributed by atoms with Gasteiger partial charge in [-0.3, -0.25) is 28.8 Å². The summed E-state index contributed by atoms with van der Waals surface area (Å²) in [5.41, 5.74) is 0. The summed E-state index contributed by atoms with van der Waals surface area (Å²) in [5, 5.41) is 2.65. The monoisotopic (exact) mass is 617 g/mol. The van der Waals surface area contributed by atoms with E-state index in [1.54, 1.807) is 0 Å². The Labute approximate surface area is 248 Å². The van der Waals surface area contributed by atoms with Crippen LogP contribution in [0.3, 0.4) is 0 Å². The van der Waals surface area contributed by atoms with Crippen molar-refractivity contribution in [2.24, 2.45) is 0 Å². The molecular formula is C27H39NO15. The van der Waals surface area contributed by atoms with E-state index in [4.69, 9.17) is 42.6 Å². The molecule has 2 fully saturated rings. The highest BCUT2D eigenvalue weighted by molar-refractivity contribution is 5.73. The van der Waals surface area contributed by atoms with Gasteiger partial charge in [-0.25, -0.2) is 0 Å². The van der Waals surface area contributed by atoms with E-state index in [2.05, 4.69) is 11.9 Å². The fraction of sp³-hybridized carbons (Fsp3) is 0.704. The minimum Gasteiger partial charge on any atom is -0.463 e. The fourth-order valence-corrected chi connectivity index (χ4v) is 4.66. The zero-order valence-corrected chi connectivity index (χ0v) is 25.1. The van der Waals surface area contributed by atoms with Crippen LogP contribution in [0, 0.1) is 0 Å². The number of ether oxygens (including phenoxy) is 9. The molecule has 10 atom stereocenters. The molecule has 0 saturated carbocycles. The van der Waals surface area contributed by atoms with Gasteiger partial charge in [0.15, 0.2) is 37.0 Å². The van der Waals surface area contributed by atoms with Crippen molar-refractivity contribution in [2.75, 3.05) is 13.2 Å². The molecule has 0 unspecified atom stereocenters. The topological polar surface area (TPSA) is 198 Å². The van der Waals surface area contributed by atoms with E-state index in [0.29, 0.717) is 0 Å². The molecular weight excluding hydrogens is 578 g/mol. The van der Waals surface area contributed by atoms with Gasteiger partial charge in [-0.1, -0.05) is 6.08 Å². The van der Waals surface area contributed by atoms with Crippen molar-refractivity contribution in [1.82, 2.24) is 5.32 Å². The summed E-state index contributed by atoms with van der Waals surface area (Å²) in [4.78, 5) is 72.2. The average Bonchev–Trinajstić information content (AvgIpc) is 2.87. The van der Waals surface area contributed by atoms with Gasteiger partial charge in [0.05, 0.1) is 12.7 Å². The molecule has 2 aliphatic rings. The molecule has 2 rings (SSSR count). The van der Waals surface area contributed by atoms with Crippen molar-refractivity contribution >= 4 is 35.8 Å². The Hall–Kier alpha value is -3.60. The number of carbonyl (C=O) groups is 6. The summed E-state index contributed by atoms with van der Waals surface area (Å²) in [5.74, 6) is -4.31. The largest absolute Gasteiger partial charge is 0.463 e. The van der Waals surface area contributed by atoms with E-state index in [9.17, 15) is 28.8 Å². The van der Waals surface area contributed by atoms with Gasteiger partial charge in [0.2, 0.25) is 5.91 Å². The summed E-state index contributed by atoms with van der Waals surface area (Å²) in [6.45, 7) is 11.5. The molecule has 1 N–H and O–H groups in total. The van der Waals surface area contributed by atoms with Crippen LogP contribution in [0.25, 0.3) is 0 Å². The van der Waals surface area contributed by atoms with Crippen molar-refractivity contribution < 1.29 is 71.4 Å². The first-order valence-corrected chi connectivity index (χ1v) is 13.4. The van der Waals surface area contributed by atoms with Gasteiger partial charge in [-0.15, -0.1) is 6.58 Å². The standard InChI is InChI=1S/C27H39NO15/c1-9-10-35-26-20(28-13(3)29)23(22(39-16(6)32)19(42-26)11-36-14(4)30)43-27-25(41-18(8)34)24(40-17(7)33)21(12(2)37-27)38-15(5)31/h9,12,19-27H,1,10-11H2,2-8H3,(H,28,29)/t12-,19+,20+,21+,22+,23+,24+,25-,26+,27-/m0/s1. The molecule has 2 aliphatic heterocycles. The van der Waals surface area contributed by atoms with Gasteiger partial charge >= 0.3 is 29.8 Å². The summed E-state index contributed by atoms with van der Waals surface area (Å²) in [7, 11) is 0. The summed E-state index contributed by atoms with van der Waals surface area (Å²) >= 11 is 0. The van der Waals surface area contributed by atoms with Gasteiger partial charge in [0.1, 0.15) is 24.9 Å². The second kappa shape index (κ2) is 16.3. The Bertz CT molecular complexity index is 1050. The van der Waals surface area contributed by atoms with E-state index < -0.39 is 104 Å². The smallest absolute Gasteiger partial charge is 0.303 e. The van der Waals surface area contributed by atoms with Gasteiger partial charge in [-0.2, -0.15) is 0 Å². The second-order valence-electron chi connectivity index (χ2n) is 9.80. The lowest BCUT2D eigenvalue weighted by Crippen LogP contribution is -2.69. The summed E-state index contributed by atoms with van der Waals surface area (Å²) in [6.07, 6.45) is -10.4. The Balaban J connectivity index is 2.64. The van der Waals surface area contributed by atoms with Crippen molar-refractivity contribution in [3.63, 3.8) is 0 Å². The van der Waals surface area contributed by atoms with E-state index in [-0.39, 0.29) is 6.61 Å². The molecule has 0 aromatic heterocycles. The SMILES string of the molecule is C=CCO[C@@H]1O[C@H](COC(C)=O)[C@@H](OC(C)=O)[C@H](O[C@@H]2O[C@@H](C)[C@@H](OC(C)=O)[C@@H](OC(C)=O)[C@@H]2OC(C)=O)[C@H]1NC(C)=O. The summed E-state index contributed by atoms with van der Waals surface area (Å²) in [6, 6.07) is -1.19. The average molecular weight is 618 g/mol. The zero-order chi connectivity index (χ0) is 32.4. The van der Waals surface area contributed by atoms with Gasteiger partial charge in [0.25, 0.3) is 0 Å². The first-order chi connectivity index (χ1) is 20.1. The quantitative estimate of drug-likeness (QED) is 0.172. The molecule has 2 saturated heterocycles. The third-order valence-electron chi connectivity index (χ3n) is 6.07. The maximum absolute atomic E-state index is 12.3. The van der Waals surface area contributed by atoms with Gasteiger partial charge in [-0.05, 0) is 6.92 Å². The van der Waals surface area contributed by atoms with Crippen LogP contribution in [0.2, 0.25) is 0 Å². The molecule has 0 spiro atoms. The third kappa shape index (κ3) is 10.6. The minimum absolute atomic E-state index is 0.0440. The first kappa shape index (κ1) is 35.6. The molecule has 43 heavy (non-hydrogen) atoms. The maximum Gasteiger partial charge on any atom is 0.303 e. The van der Waals surface area contributed by atoms with Crippen LogP contribution >= 0.6 is 0 Å². The Morgan fingerprint density at radius 3 is 1.74 bits per heavy atom. The van der Waals surface area contributed by atoms with Crippen LogP contribution in [0.1, 0.15) is 48.5 Å². The molecule has 16 nitrogen and oxygen atoms in total. The maximum atomic E-state index is 12.3. The Morgan fingerprint density at radius 2 is 1.23 bits per heavy atom.